The summed E-state index contributed by atoms with van der Waals surface area (Å²) in [5.74, 6) is 0.804. The number of hydrogen-bond donors (Lipinski definition) is 2. The average Bonchev–Trinajstić information content (AvgIpc) is 3.15. The summed E-state index contributed by atoms with van der Waals surface area (Å²) in [5.41, 5.74) is 2.35. The number of rotatable bonds is 7. The molecule has 0 aromatic heterocycles. The van der Waals surface area contributed by atoms with Crippen molar-refractivity contribution in [3.63, 3.8) is 0 Å². The molecule has 2 aliphatic rings. The minimum absolute atomic E-state index is 0. The molecule has 2 N–H and O–H groups in total. The van der Waals surface area contributed by atoms with Gasteiger partial charge in [-0.1, -0.05) is 24.3 Å². The van der Waals surface area contributed by atoms with Crippen LogP contribution in [0.4, 0.5) is 0 Å². The number of nitrogens with zero attached hydrogens (tertiary/aromatic N) is 1. The van der Waals surface area contributed by atoms with Crippen molar-refractivity contribution < 1.29 is 14.2 Å². The maximum absolute atomic E-state index is 5.98. The fourth-order valence-electron chi connectivity index (χ4n) is 3.46. The number of nitrogens with one attached hydrogen (secondary N) is 2. The summed E-state index contributed by atoms with van der Waals surface area (Å²) in [7, 11) is 1.80. The van der Waals surface area contributed by atoms with Crippen LogP contribution in [0, 0.1) is 0 Å². The van der Waals surface area contributed by atoms with Crippen LogP contribution in [-0.4, -0.2) is 51.1 Å². The molecule has 2 saturated heterocycles. The quantitative estimate of drug-likeness (QED) is 0.340. The van der Waals surface area contributed by atoms with E-state index in [1.807, 2.05) is 0 Å². The molecule has 7 heteroatoms. The summed E-state index contributed by atoms with van der Waals surface area (Å²) in [6.07, 6.45) is 4.56. The van der Waals surface area contributed by atoms with Crippen molar-refractivity contribution in [1.82, 2.24) is 10.6 Å². The first-order valence-electron chi connectivity index (χ1n) is 10.0. The van der Waals surface area contributed by atoms with Crippen molar-refractivity contribution in [3.8, 4) is 0 Å². The molecule has 1 aromatic carbocycles. The van der Waals surface area contributed by atoms with E-state index >= 15 is 0 Å². The highest BCUT2D eigenvalue weighted by Gasteiger charge is 2.29. The lowest BCUT2D eigenvalue weighted by Gasteiger charge is -2.24. The zero-order valence-electron chi connectivity index (χ0n) is 17.0. The minimum atomic E-state index is -0.0796. The fourth-order valence-corrected chi connectivity index (χ4v) is 3.46. The van der Waals surface area contributed by atoms with Crippen LogP contribution in [0.25, 0.3) is 0 Å². The molecule has 2 aliphatic heterocycles. The van der Waals surface area contributed by atoms with Crippen molar-refractivity contribution in [2.45, 2.75) is 57.5 Å². The lowest BCUT2D eigenvalue weighted by Crippen LogP contribution is -2.45. The fraction of sp³-hybridized carbons (Fsp3) is 0.667. The van der Waals surface area contributed by atoms with Crippen LogP contribution < -0.4 is 10.6 Å². The van der Waals surface area contributed by atoms with E-state index in [2.05, 4.69) is 46.8 Å². The van der Waals surface area contributed by atoms with Gasteiger partial charge in [0.25, 0.3) is 0 Å². The molecule has 0 aliphatic carbocycles. The molecular formula is C21H34IN3O3. The molecule has 1 atom stereocenters. The number of ether oxygens (including phenoxy) is 3. The molecular weight excluding hydrogens is 469 g/mol. The van der Waals surface area contributed by atoms with Gasteiger partial charge in [-0.05, 0) is 43.7 Å². The third kappa shape index (κ3) is 7.50. The number of benzene rings is 1. The smallest absolute Gasteiger partial charge is 0.191 e. The molecule has 0 bridgehead atoms. The standard InChI is InChI=1S/C21H33N3O3.HI/c1-21(10-3-11-27-21)16-24-20(22-2)23-14-17-4-6-18(7-5-17)15-26-19-8-12-25-13-9-19;/h4-7,19H,3,8-16H2,1-2H3,(H2,22,23,24);1H. The summed E-state index contributed by atoms with van der Waals surface area (Å²) in [4.78, 5) is 4.30. The number of hydrogen-bond acceptors (Lipinski definition) is 4. The third-order valence-corrected chi connectivity index (χ3v) is 5.29. The molecule has 0 amide bonds. The monoisotopic (exact) mass is 503 g/mol. The van der Waals surface area contributed by atoms with Crippen LogP contribution in [0.5, 0.6) is 0 Å². The van der Waals surface area contributed by atoms with Gasteiger partial charge in [-0.3, -0.25) is 4.99 Å². The summed E-state index contributed by atoms with van der Waals surface area (Å²) in [5, 5.41) is 6.74. The number of guanidine groups is 1. The molecule has 0 spiro atoms. The molecule has 0 saturated carbocycles. The van der Waals surface area contributed by atoms with Crippen LogP contribution in [0.3, 0.4) is 0 Å². The summed E-state index contributed by atoms with van der Waals surface area (Å²) < 4.78 is 17.2. The van der Waals surface area contributed by atoms with E-state index in [0.29, 0.717) is 12.7 Å². The van der Waals surface area contributed by atoms with Gasteiger partial charge < -0.3 is 24.8 Å². The van der Waals surface area contributed by atoms with E-state index in [4.69, 9.17) is 14.2 Å². The Kier molecular flexibility index (Phi) is 9.98. The highest BCUT2D eigenvalue weighted by Crippen LogP contribution is 2.23. The molecule has 28 heavy (non-hydrogen) atoms. The van der Waals surface area contributed by atoms with E-state index < -0.39 is 0 Å². The Labute approximate surface area is 185 Å². The zero-order valence-corrected chi connectivity index (χ0v) is 19.4. The Balaban J connectivity index is 0.00000280. The van der Waals surface area contributed by atoms with E-state index in [-0.39, 0.29) is 29.6 Å². The molecule has 3 rings (SSSR count). The minimum Gasteiger partial charge on any atom is -0.381 e. The van der Waals surface area contributed by atoms with Crippen molar-refractivity contribution >= 4 is 29.9 Å². The van der Waals surface area contributed by atoms with Gasteiger partial charge in [0.15, 0.2) is 5.96 Å². The van der Waals surface area contributed by atoms with E-state index in [9.17, 15) is 0 Å². The Morgan fingerprint density at radius 3 is 2.50 bits per heavy atom. The molecule has 1 aromatic rings. The Hall–Kier alpha value is -0.900. The van der Waals surface area contributed by atoms with Crippen LogP contribution in [0.2, 0.25) is 0 Å². The third-order valence-electron chi connectivity index (χ3n) is 5.29. The first kappa shape index (κ1) is 23.4. The molecule has 1 unspecified atom stereocenters. The predicted octanol–water partition coefficient (Wildman–Crippen LogP) is 3.23. The van der Waals surface area contributed by atoms with Gasteiger partial charge in [0.2, 0.25) is 0 Å². The molecule has 2 fully saturated rings. The second-order valence-corrected chi connectivity index (χ2v) is 7.62. The largest absolute Gasteiger partial charge is 0.381 e. The highest BCUT2D eigenvalue weighted by atomic mass is 127. The second kappa shape index (κ2) is 11.9. The summed E-state index contributed by atoms with van der Waals surface area (Å²) >= 11 is 0. The molecule has 158 valence electrons. The topological polar surface area (TPSA) is 64.1 Å². The lowest BCUT2D eigenvalue weighted by molar-refractivity contribution is -0.0390. The van der Waals surface area contributed by atoms with Gasteiger partial charge in [-0.15, -0.1) is 24.0 Å². The maximum atomic E-state index is 5.98. The van der Waals surface area contributed by atoms with Gasteiger partial charge in [0.1, 0.15) is 0 Å². The maximum Gasteiger partial charge on any atom is 0.191 e. The van der Waals surface area contributed by atoms with Crippen LogP contribution in [0.15, 0.2) is 29.3 Å². The summed E-state index contributed by atoms with van der Waals surface area (Å²) in [6.45, 7) is 6.82. The predicted molar refractivity (Wildman–Crippen MR) is 122 cm³/mol. The van der Waals surface area contributed by atoms with Crippen molar-refractivity contribution in [2.75, 3.05) is 33.4 Å². The van der Waals surface area contributed by atoms with Crippen LogP contribution in [0.1, 0.15) is 43.7 Å². The molecule has 6 nitrogen and oxygen atoms in total. The van der Waals surface area contributed by atoms with Gasteiger partial charge in [0.05, 0.1) is 18.3 Å². The SMILES string of the molecule is CN=C(NCc1ccc(COC2CCOCC2)cc1)NCC1(C)CCCO1.I. The van der Waals surface area contributed by atoms with Crippen LogP contribution in [-0.2, 0) is 27.4 Å². The second-order valence-electron chi connectivity index (χ2n) is 7.62. The normalized spacial score (nSPS) is 23.3. The Morgan fingerprint density at radius 2 is 1.86 bits per heavy atom. The summed E-state index contributed by atoms with van der Waals surface area (Å²) in [6, 6.07) is 8.56. The van der Waals surface area contributed by atoms with Crippen molar-refractivity contribution in [1.29, 1.82) is 0 Å². The Bertz CT molecular complexity index is 597. The zero-order chi connectivity index (χ0) is 19.0. The molecule has 0 radical (unpaired) electrons. The average molecular weight is 503 g/mol. The van der Waals surface area contributed by atoms with Gasteiger partial charge in [0, 0.05) is 40.0 Å². The molecule has 2 heterocycles. The van der Waals surface area contributed by atoms with Crippen LogP contribution >= 0.6 is 24.0 Å². The van der Waals surface area contributed by atoms with Gasteiger partial charge in [-0.25, -0.2) is 0 Å². The van der Waals surface area contributed by atoms with E-state index in [1.54, 1.807) is 7.05 Å². The number of halogens is 1. The lowest BCUT2D eigenvalue weighted by atomic mass is 10.0. The number of aliphatic imine (C=N–C) groups is 1. The van der Waals surface area contributed by atoms with Crippen molar-refractivity contribution in [3.05, 3.63) is 35.4 Å². The van der Waals surface area contributed by atoms with Gasteiger partial charge in [-0.2, -0.15) is 0 Å². The first-order valence-corrected chi connectivity index (χ1v) is 10.0. The first-order chi connectivity index (χ1) is 13.2. The van der Waals surface area contributed by atoms with Crippen molar-refractivity contribution in [2.24, 2.45) is 4.99 Å². The Morgan fingerprint density at radius 1 is 1.14 bits per heavy atom. The highest BCUT2D eigenvalue weighted by molar-refractivity contribution is 14.0. The van der Waals surface area contributed by atoms with E-state index in [0.717, 1.165) is 64.6 Å². The van der Waals surface area contributed by atoms with Gasteiger partial charge >= 0.3 is 0 Å². The van der Waals surface area contributed by atoms with E-state index in [1.165, 1.54) is 11.1 Å².